The lowest BCUT2D eigenvalue weighted by Crippen LogP contribution is -2.31. The van der Waals surface area contributed by atoms with E-state index >= 15 is 0 Å². The highest BCUT2D eigenvalue weighted by Crippen LogP contribution is 2.30. The molecule has 1 atom stereocenters. The van der Waals surface area contributed by atoms with Crippen LogP contribution in [0.2, 0.25) is 0 Å². The molecule has 1 aromatic carbocycles. The second kappa shape index (κ2) is 5.77. The van der Waals surface area contributed by atoms with Crippen LogP contribution in [0.4, 0.5) is 17.6 Å². The molecule has 1 aromatic rings. The van der Waals surface area contributed by atoms with E-state index in [1.165, 1.54) is 0 Å². The fraction of sp³-hybridized carbons (Fsp3) is 0.364. The fourth-order valence-electron chi connectivity index (χ4n) is 1.44. The Morgan fingerprint density at radius 3 is 2.21 bits per heavy atom. The molecule has 0 saturated carbocycles. The van der Waals surface area contributed by atoms with Crippen molar-refractivity contribution in [1.82, 2.24) is 0 Å². The average molecular weight is 279 g/mol. The van der Waals surface area contributed by atoms with Crippen LogP contribution in [0.3, 0.4) is 0 Å². The summed E-state index contributed by atoms with van der Waals surface area (Å²) in [6.45, 7) is -1.36. The molecule has 0 bridgehead atoms. The Labute approximate surface area is 105 Å². The molecule has 0 aromatic heterocycles. The Balaban J connectivity index is 2.81. The SMILES string of the molecule is O=C(CC(C[N+](=O)[O-])C(F)(F)F)c1ccc(F)cc1. The lowest BCUT2D eigenvalue weighted by atomic mass is 9.98. The van der Waals surface area contributed by atoms with Crippen LogP contribution in [0.1, 0.15) is 16.8 Å². The number of hydrogen-bond donors (Lipinski definition) is 0. The molecule has 104 valence electrons. The number of nitrogens with zero attached hydrogens (tertiary/aromatic N) is 1. The lowest BCUT2D eigenvalue weighted by Gasteiger charge is -2.15. The van der Waals surface area contributed by atoms with Crippen LogP contribution in [0.15, 0.2) is 24.3 Å². The monoisotopic (exact) mass is 279 g/mol. The van der Waals surface area contributed by atoms with E-state index in [4.69, 9.17) is 0 Å². The molecule has 0 N–H and O–H groups in total. The Morgan fingerprint density at radius 2 is 1.79 bits per heavy atom. The molecular formula is C11H9F4NO3. The molecule has 0 spiro atoms. The van der Waals surface area contributed by atoms with Gasteiger partial charge in [-0.15, -0.1) is 0 Å². The normalized spacial score (nSPS) is 13.1. The maximum atomic E-state index is 12.6. The van der Waals surface area contributed by atoms with Gasteiger partial charge in [0.2, 0.25) is 6.54 Å². The van der Waals surface area contributed by atoms with Crippen molar-refractivity contribution in [2.75, 3.05) is 6.54 Å². The van der Waals surface area contributed by atoms with Gasteiger partial charge in [-0.3, -0.25) is 14.9 Å². The molecule has 0 fully saturated rings. The Kier molecular flexibility index (Phi) is 4.57. The minimum atomic E-state index is -4.83. The van der Waals surface area contributed by atoms with Gasteiger partial charge in [0, 0.05) is 16.9 Å². The van der Waals surface area contributed by atoms with E-state index in [-0.39, 0.29) is 5.56 Å². The number of carbonyl (C=O) groups is 1. The second-order valence-corrected chi connectivity index (χ2v) is 3.89. The van der Waals surface area contributed by atoms with Gasteiger partial charge in [-0.2, -0.15) is 13.2 Å². The van der Waals surface area contributed by atoms with Gasteiger partial charge < -0.3 is 0 Å². The number of Topliss-reactive ketones (excluding diaryl/α,β-unsaturated/α-hetero) is 1. The largest absolute Gasteiger partial charge is 0.398 e. The lowest BCUT2D eigenvalue weighted by molar-refractivity contribution is -0.497. The summed E-state index contributed by atoms with van der Waals surface area (Å²) < 4.78 is 50.1. The summed E-state index contributed by atoms with van der Waals surface area (Å²) in [5.41, 5.74) is -0.112. The Bertz CT molecular complexity index is 470. The number of hydrogen-bond acceptors (Lipinski definition) is 3. The summed E-state index contributed by atoms with van der Waals surface area (Å²) in [6, 6.07) is 3.95. The summed E-state index contributed by atoms with van der Waals surface area (Å²) in [5, 5.41) is 10.2. The van der Waals surface area contributed by atoms with Crippen LogP contribution in [0.5, 0.6) is 0 Å². The fourth-order valence-corrected chi connectivity index (χ4v) is 1.44. The quantitative estimate of drug-likeness (QED) is 0.360. The zero-order valence-electron chi connectivity index (χ0n) is 9.48. The number of halogens is 4. The van der Waals surface area contributed by atoms with E-state index in [0.29, 0.717) is 0 Å². The molecule has 0 saturated heterocycles. The van der Waals surface area contributed by atoms with Crippen molar-refractivity contribution in [1.29, 1.82) is 0 Å². The van der Waals surface area contributed by atoms with Crippen molar-refractivity contribution < 1.29 is 27.3 Å². The van der Waals surface area contributed by atoms with E-state index in [1.54, 1.807) is 0 Å². The molecular weight excluding hydrogens is 270 g/mol. The number of alkyl halides is 3. The van der Waals surface area contributed by atoms with E-state index in [2.05, 4.69) is 0 Å². The maximum absolute atomic E-state index is 12.6. The van der Waals surface area contributed by atoms with E-state index in [0.717, 1.165) is 24.3 Å². The molecule has 0 radical (unpaired) electrons. The summed E-state index contributed by atoms with van der Waals surface area (Å²) >= 11 is 0. The third-order valence-electron chi connectivity index (χ3n) is 2.43. The van der Waals surface area contributed by atoms with Crippen molar-refractivity contribution in [2.24, 2.45) is 5.92 Å². The van der Waals surface area contributed by atoms with Crippen molar-refractivity contribution in [3.05, 3.63) is 45.8 Å². The van der Waals surface area contributed by atoms with E-state index < -0.39 is 41.6 Å². The molecule has 4 nitrogen and oxygen atoms in total. The van der Waals surface area contributed by atoms with Crippen molar-refractivity contribution >= 4 is 5.78 Å². The van der Waals surface area contributed by atoms with Gasteiger partial charge in [0.05, 0.1) is 0 Å². The standard InChI is InChI=1S/C11H9F4NO3/c12-9-3-1-7(2-4-9)10(17)5-8(6-16(18)19)11(13,14)15/h1-4,8H,5-6H2. The molecule has 1 rings (SSSR count). The van der Waals surface area contributed by atoms with E-state index in [1.807, 2.05) is 0 Å². The second-order valence-electron chi connectivity index (χ2n) is 3.89. The van der Waals surface area contributed by atoms with Crippen LogP contribution in [-0.4, -0.2) is 23.4 Å². The highest BCUT2D eigenvalue weighted by atomic mass is 19.4. The number of nitro groups is 1. The van der Waals surface area contributed by atoms with Crippen LogP contribution in [0.25, 0.3) is 0 Å². The molecule has 0 aliphatic heterocycles. The van der Waals surface area contributed by atoms with Crippen LogP contribution >= 0.6 is 0 Å². The number of benzene rings is 1. The molecule has 19 heavy (non-hydrogen) atoms. The number of ketones is 1. The highest BCUT2D eigenvalue weighted by Gasteiger charge is 2.44. The first-order chi connectivity index (χ1) is 8.70. The van der Waals surface area contributed by atoms with Gasteiger partial charge in [-0.05, 0) is 24.3 Å². The first-order valence-electron chi connectivity index (χ1n) is 5.17. The predicted molar refractivity (Wildman–Crippen MR) is 56.8 cm³/mol. The van der Waals surface area contributed by atoms with Gasteiger partial charge in [-0.1, -0.05) is 0 Å². The molecule has 1 unspecified atom stereocenters. The number of carbonyl (C=O) groups excluding carboxylic acids is 1. The van der Waals surface area contributed by atoms with Crippen molar-refractivity contribution in [3.8, 4) is 0 Å². The van der Waals surface area contributed by atoms with Gasteiger partial charge >= 0.3 is 6.18 Å². The molecule has 0 amide bonds. The van der Waals surface area contributed by atoms with Gasteiger partial charge in [0.1, 0.15) is 11.7 Å². The molecule has 0 heterocycles. The van der Waals surface area contributed by atoms with Crippen molar-refractivity contribution in [2.45, 2.75) is 12.6 Å². The van der Waals surface area contributed by atoms with Crippen LogP contribution in [0, 0.1) is 21.8 Å². The first-order valence-corrected chi connectivity index (χ1v) is 5.17. The topological polar surface area (TPSA) is 60.2 Å². The zero-order chi connectivity index (χ0) is 14.6. The minimum absolute atomic E-state index is 0.112. The molecule has 0 aliphatic rings. The summed E-state index contributed by atoms with van der Waals surface area (Å²) in [6.07, 6.45) is -5.86. The summed E-state index contributed by atoms with van der Waals surface area (Å²) in [5.74, 6) is -3.89. The minimum Gasteiger partial charge on any atom is -0.294 e. The predicted octanol–water partition coefficient (Wildman–Crippen LogP) is 2.85. The highest BCUT2D eigenvalue weighted by molar-refractivity contribution is 5.96. The van der Waals surface area contributed by atoms with Gasteiger partial charge in [-0.25, -0.2) is 4.39 Å². The zero-order valence-corrected chi connectivity index (χ0v) is 9.48. The first kappa shape index (κ1) is 15.1. The Morgan fingerprint density at radius 1 is 1.26 bits per heavy atom. The number of rotatable bonds is 5. The molecule has 8 heteroatoms. The molecule has 0 aliphatic carbocycles. The maximum Gasteiger partial charge on any atom is 0.398 e. The van der Waals surface area contributed by atoms with E-state index in [9.17, 15) is 32.5 Å². The smallest absolute Gasteiger partial charge is 0.294 e. The average Bonchev–Trinajstić information content (AvgIpc) is 2.27. The third kappa shape index (κ3) is 4.65. The third-order valence-corrected chi connectivity index (χ3v) is 2.43. The van der Waals surface area contributed by atoms with Gasteiger partial charge in [0.15, 0.2) is 5.78 Å². The van der Waals surface area contributed by atoms with Crippen molar-refractivity contribution in [3.63, 3.8) is 0 Å². The Hall–Kier alpha value is -1.99. The summed E-state index contributed by atoms with van der Waals surface area (Å²) in [7, 11) is 0. The van der Waals surface area contributed by atoms with Gasteiger partial charge in [0.25, 0.3) is 0 Å². The summed E-state index contributed by atoms with van der Waals surface area (Å²) in [4.78, 5) is 20.6. The van der Waals surface area contributed by atoms with Crippen LogP contribution < -0.4 is 0 Å². The van der Waals surface area contributed by atoms with Crippen LogP contribution in [-0.2, 0) is 0 Å².